The zero-order valence-electron chi connectivity index (χ0n) is 18.0. The summed E-state index contributed by atoms with van der Waals surface area (Å²) in [5.41, 5.74) is 3.08. The fourth-order valence-electron chi connectivity index (χ4n) is 3.70. The number of benzene rings is 3. The predicted molar refractivity (Wildman–Crippen MR) is 134 cm³/mol. The molecule has 1 aliphatic rings. The summed E-state index contributed by atoms with van der Waals surface area (Å²) in [6.07, 6.45) is 2.02. The molecule has 0 radical (unpaired) electrons. The van der Waals surface area contributed by atoms with E-state index >= 15 is 0 Å². The average Bonchev–Trinajstić information content (AvgIpc) is 3.26. The highest BCUT2D eigenvalue weighted by Gasteiger charge is 2.27. The first-order chi connectivity index (χ1) is 16.5. The maximum atomic E-state index is 12.7. The van der Waals surface area contributed by atoms with E-state index in [1.807, 2.05) is 54.6 Å². The van der Waals surface area contributed by atoms with Crippen molar-refractivity contribution in [2.24, 2.45) is 0 Å². The molecule has 7 nitrogen and oxygen atoms in total. The van der Waals surface area contributed by atoms with Gasteiger partial charge >= 0.3 is 0 Å². The molecule has 5 rings (SSSR count). The van der Waals surface area contributed by atoms with Gasteiger partial charge in [0.1, 0.15) is 11.8 Å². The second kappa shape index (κ2) is 9.21. The maximum absolute atomic E-state index is 12.7. The van der Waals surface area contributed by atoms with E-state index in [1.165, 1.54) is 0 Å². The van der Waals surface area contributed by atoms with E-state index in [2.05, 4.69) is 20.7 Å². The number of aromatic nitrogens is 3. The first-order valence-corrected chi connectivity index (χ1v) is 11.2. The molecule has 1 aliphatic heterocycles. The van der Waals surface area contributed by atoms with Crippen molar-refractivity contribution in [1.29, 1.82) is 0 Å². The molecule has 0 spiro atoms. The van der Waals surface area contributed by atoms with Crippen LogP contribution < -0.4 is 15.4 Å². The number of hydrogen-bond acceptors (Lipinski definition) is 5. The third-order valence-corrected chi connectivity index (χ3v) is 6.02. The Morgan fingerprint density at radius 3 is 2.47 bits per heavy atom. The van der Waals surface area contributed by atoms with E-state index in [4.69, 9.17) is 27.9 Å². The Morgan fingerprint density at radius 2 is 1.76 bits per heavy atom. The Labute approximate surface area is 206 Å². The monoisotopic (exact) mass is 491 g/mol. The SMILES string of the molecule is COc1ccc(C(=O)Nc2nc3n(n2)[C@@H](c2ccccc2Cl)C=C(c2ccc(Cl)cc2)N3)cc1. The quantitative estimate of drug-likeness (QED) is 0.363. The van der Waals surface area contributed by atoms with Gasteiger partial charge in [0.25, 0.3) is 11.9 Å². The number of hydrogen-bond donors (Lipinski definition) is 2. The summed E-state index contributed by atoms with van der Waals surface area (Å²) in [7, 11) is 1.57. The summed E-state index contributed by atoms with van der Waals surface area (Å²) in [5, 5.41) is 11.9. The van der Waals surface area contributed by atoms with E-state index in [1.54, 1.807) is 36.1 Å². The van der Waals surface area contributed by atoms with Crippen LogP contribution in [0, 0.1) is 0 Å². The van der Waals surface area contributed by atoms with Gasteiger partial charge in [0.2, 0.25) is 5.95 Å². The molecule has 2 N–H and O–H groups in total. The molecule has 0 saturated carbocycles. The molecular weight excluding hydrogens is 473 g/mol. The first kappa shape index (κ1) is 22.0. The van der Waals surface area contributed by atoms with Crippen molar-refractivity contribution in [3.63, 3.8) is 0 Å². The van der Waals surface area contributed by atoms with Gasteiger partial charge < -0.3 is 10.1 Å². The number of anilines is 2. The number of nitrogens with zero attached hydrogens (tertiary/aromatic N) is 3. The summed E-state index contributed by atoms with van der Waals surface area (Å²) in [6.45, 7) is 0. The van der Waals surface area contributed by atoms with Crippen LogP contribution in [0.15, 0.2) is 78.9 Å². The van der Waals surface area contributed by atoms with Crippen molar-refractivity contribution in [1.82, 2.24) is 14.8 Å². The molecule has 4 aromatic rings. The van der Waals surface area contributed by atoms with Crippen LogP contribution in [0.4, 0.5) is 11.9 Å². The molecular formula is C25H19Cl2N5O2. The lowest BCUT2D eigenvalue weighted by Gasteiger charge is -2.24. The molecule has 3 aromatic carbocycles. The molecule has 1 aromatic heterocycles. The summed E-state index contributed by atoms with van der Waals surface area (Å²) < 4.78 is 6.85. The van der Waals surface area contributed by atoms with Gasteiger partial charge in [-0.3, -0.25) is 10.1 Å². The summed E-state index contributed by atoms with van der Waals surface area (Å²) in [4.78, 5) is 17.3. The Balaban J connectivity index is 1.49. The molecule has 0 fully saturated rings. The van der Waals surface area contributed by atoms with Crippen LogP contribution in [0.25, 0.3) is 5.70 Å². The lowest BCUT2D eigenvalue weighted by Crippen LogP contribution is -2.20. The van der Waals surface area contributed by atoms with Crippen LogP contribution in [-0.4, -0.2) is 27.8 Å². The number of rotatable bonds is 5. The fourth-order valence-corrected chi connectivity index (χ4v) is 4.07. The minimum atomic E-state index is -0.338. The topological polar surface area (TPSA) is 81.1 Å². The van der Waals surface area contributed by atoms with Crippen molar-refractivity contribution >= 4 is 46.7 Å². The molecule has 2 heterocycles. The van der Waals surface area contributed by atoms with Crippen molar-refractivity contribution in [2.45, 2.75) is 6.04 Å². The van der Waals surface area contributed by atoms with Gasteiger partial charge in [0.05, 0.1) is 7.11 Å². The summed E-state index contributed by atoms with van der Waals surface area (Å²) >= 11 is 12.6. The highest BCUT2D eigenvalue weighted by atomic mass is 35.5. The maximum Gasteiger partial charge on any atom is 0.258 e. The molecule has 0 saturated heterocycles. The van der Waals surface area contributed by atoms with E-state index < -0.39 is 0 Å². The van der Waals surface area contributed by atoms with E-state index in [0.717, 1.165) is 16.8 Å². The van der Waals surface area contributed by atoms with Gasteiger partial charge in [-0.25, -0.2) is 4.68 Å². The molecule has 34 heavy (non-hydrogen) atoms. The molecule has 9 heteroatoms. The smallest absolute Gasteiger partial charge is 0.258 e. The molecule has 1 atom stereocenters. The molecule has 0 unspecified atom stereocenters. The number of carbonyl (C=O) groups is 1. The Bertz CT molecular complexity index is 1380. The van der Waals surface area contributed by atoms with Gasteiger partial charge in [0, 0.05) is 21.3 Å². The second-order valence-electron chi connectivity index (χ2n) is 7.56. The molecule has 170 valence electrons. The first-order valence-electron chi connectivity index (χ1n) is 10.4. The van der Waals surface area contributed by atoms with Crippen LogP contribution in [0.1, 0.15) is 27.5 Å². The Kier molecular flexibility index (Phi) is 5.96. The predicted octanol–water partition coefficient (Wildman–Crippen LogP) is 5.90. The Hall–Kier alpha value is -3.81. The van der Waals surface area contributed by atoms with Crippen molar-refractivity contribution in [3.05, 3.63) is 106 Å². The highest BCUT2D eigenvalue weighted by molar-refractivity contribution is 6.31. The fraction of sp³-hybridized carbons (Fsp3) is 0.0800. The molecule has 0 bridgehead atoms. The van der Waals surface area contributed by atoms with E-state index in [-0.39, 0.29) is 17.9 Å². The molecule has 1 amide bonds. The van der Waals surface area contributed by atoms with Crippen LogP contribution in [-0.2, 0) is 0 Å². The van der Waals surface area contributed by atoms with Crippen molar-refractivity contribution in [2.75, 3.05) is 17.7 Å². The number of allylic oxidation sites excluding steroid dienone is 1. The van der Waals surface area contributed by atoms with Crippen LogP contribution in [0.2, 0.25) is 10.0 Å². The number of carbonyl (C=O) groups excluding carboxylic acids is 1. The number of methoxy groups -OCH3 is 1. The number of nitrogens with one attached hydrogen (secondary N) is 2. The minimum Gasteiger partial charge on any atom is -0.497 e. The number of fused-ring (bicyclic) bond motifs is 1. The van der Waals surface area contributed by atoms with Crippen molar-refractivity contribution < 1.29 is 9.53 Å². The zero-order chi connectivity index (χ0) is 23.7. The lowest BCUT2D eigenvalue weighted by molar-refractivity contribution is 0.102. The summed E-state index contributed by atoms with van der Waals surface area (Å²) in [5.74, 6) is 0.985. The van der Waals surface area contributed by atoms with Gasteiger partial charge in [-0.1, -0.05) is 53.5 Å². The van der Waals surface area contributed by atoms with Gasteiger partial charge in [0.15, 0.2) is 0 Å². The third kappa shape index (κ3) is 4.35. The number of halogens is 2. The lowest BCUT2D eigenvalue weighted by atomic mass is 10.0. The standard InChI is InChI=1S/C25H19Cl2N5O2/c1-34-18-12-8-16(9-13-18)23(33)29-24-30-25-28-21(15-6-10-17(26)11-7-15)14-22(32(25)31-24)19-4-2-3-5-20(19)27/h2-14,22H,1H3,(H2,28,29,30,31,33)/t22-/m1/s1. The van der Waals surface area contributed by atoms with Crippen molar-refractivity contribution in [3.8, 4) is 5.75 Å². The van der Waals surface area contributed by atoms with E-state index in [0.29, 0.717) is 27.3 Å². The highest BCUT2D eigenvalue weighted by Crippen LogP contribution is 2.36. The number of ether oxygens (including phenoxy) is 1. The largest absolute Gasteiger partial charge is 0.497 e. The number of amides is 1. The molecule has 0 aliphatic carbocycles. The van der Waals surface area contributed by atoms with Gasteiger partial charge in [-0.05, 0) is 59.7 Å². The summed E-state index contributed by atoms with van der Waals surface area (Å²) in [6, 6.07) is 21.5. The Morgan fingerprint density at radius 1 is 1.03 bits per heavy atom. The van der Waals surface area contributed by atoms with Gasteiger partial charge in [-0.15, -0.1) is 5.10 Å². The normalized spacial score (nSPS) is 14.6. The zero-order valence-corrected chi connectivity index (χ0v) is 19.5. The van der Waals surface area contributed by atoms with Crippen LogP contribution in [0.5, 0.6) is 5.75 Å². The van der Waals surface area contributed by atoms with Crippen LogP contribution in [0.3, 0.4) is 0 Å². The second-order valence-corrected chi connectivity index (χ2v) is 8.41. The minimum absolute atomic E-state index is 0.172. The average molecular weight is 492 g/mol. The van der Waals surface area contributed by atoms with Gasteiger partial charge in [-0.2, -0.15) is 4.98 Å². The van der Waals surface area contributed by atoms with Crippen LogP contribution >= 0.6 is 23.2 Å². The third-order valence-electron chi connectivity index (χ3n) is 5.42. The van der Waals surface area contributed by atoms with E-state index in [9.17, 15) is 4.79 Å².